The molecular formula is C10H24N2O2S. The van der Waals surface area contributed by atoms with Crippen LogP contribution in [0.5, 0.6) is 0 Å². The van der Waals surface area contributed by atoms with Gasteiger partial charge in [-0.2, -0.15) is 0 Å². The smallest absolute Gasteiger partial charge is 0.215 e. The number of rotatable bonds is 7. The molecule has 92 valence electrons. The van der Waals surface area contributed by atoms with Gasteiger partial charge in [0, 0.05) is 12.6 Å². The van der Waals surface area contributed by atoms with Crippen LogP contribution in [0.15, 0.2) is 0 Å². The van der Waals surface area contributed by atoms with Crippen molar-refractivity contribution >= 4 is 10.0 Å². The Balaban J connectivity index is 4.29. The first-order valence-corrected chi connectivity index (χ1v) is 7.07. The van der Waals surface area contributed by atoms with E-state index in [-0.39, 0.29) is 6.04 Å². The molecule has 2 atom stereocenters. The molecule has 0 aliphatic heterocycles. The summed E-state index contributed by atoms with van der Waals surface area (Å²) in [7, 11) is -3.19. The van der Waals surface area contributed by atoms with E-state index < -0.39 is 15.3 Å². The zero-order valence-electron chi connectivity index (χ0n) is 10.4. The summed E-state index contributed by atoms with van der Waals surface area (Å²) in [5.74, 6) is 0.311. The molecule has 2 unspecified atom stereocenters. The summed E-state index contributed by atoms with van der Waals surface area (Å²) < 4.78 is 26.3. The molecule has 0 aromatic carbocycles. The van der Waals surface area contributed by atoms with Gasteiger partial charge in [0.25, 0.3) is 0 Å². The van der Waals surface area contributed by atoms with Crippen LogP contribution in [0.2, 0.25) is 0 Å². The van der Waals surface area contributed by atoms with Crippen molar-refractivity contribution in [1.29, 1.82) is 0 Å². The maximum atomic E-state index is 11.8. The SMILES string of the molecule is CCNCC(C)S(=O)(=O)NC(C)C(C)C. The van der Waals surface area contributed by atoms with Crippen LogP contribution in [0.3, 0.4) is 0 Å². The Labute approximate surface area is 93.9 Å². The Kier molecular flexibility index (Phi) is 6.40. The van der Waals surface area contributed by atoms with E-state index in [9.17, 15) is 8.42 Å². The Morgan fingerprint density at radius 1 is 1.13 bits per heavy atom. The maximum Gasteiger partial charge on any atom is 0.215 e. The first-order valence-electron chi connectivity index (χ1n) is 5.53. The Morgan fingerprint density at radius 3 is 2.07 bits per heavy atom. The van der Waals surface area contributed by atoms with Crippen molar-refractivity contribution < 1.29 is 8.42 Å². The summed E-state index contributed by atoms with van der Waals surface area (Å²) in [5.41, 5.74) is 0. The van der Waals surface area contributed by atoms with Gasteiger partial charge in [-0.15, -0.1) is 0 Å². The van der Waals surface area contributed by atoms with Gasteiger partial charge in [0.05, 0.1) is 5.25 Å². The second-order valence-electron chi connectivity index (χ2n) is 4.31. The molecule has 5 heteroatoms. The molecule has 0 fully saturated rings. The van der Waals surface area contributed by atoms with Gasteiger partial charge in [0.15, 0.2) is 0 Å². The Bertz CT molecular complexity index is 263. The van der Waals surface area contributed by atoms with Gasteiger partial charge in [-0.05, 0) is 26.3 Å². The van der Waals surface area contributed by atoms with Gasteiger partial charge in [-0.3, -0.25) is 0 Å². The lowest BCUT2D eigenvalue weighted by Crippen LogP contribution is -2.44. The summed E-state index contributed by atoms with van der Waals surface area (Å²) in [6, 6.07) is -0.0147. The molecule has 0 aromatic rings. The van der Waals surface area contributed by atoms with Crippen LogP contribution in [-0.4, -0.2) is 32.8 Å². The minimum Gasteiger partial charge on any atom is -0.316 e. The zero-order chi connectivity index (χ0) is 12.1. The molecule has 0 heterocycles. The Hall–Kier alpha value is -0.130. The van der Waals surface area contributed by atoms with Crippen molar-refractivity contribution in [3.05, 3.63) is 0 Å². The molecule has 0 amide bonds. The fraction of sp³-hybridized carbons (Fsp3) is 1.00. The van der Waals surface area contributed by atoms with E-state index >= 15 is 0 Å². The monoisotopic (exact) mass is 236 g/mol. The molecule has 4 nitrogen and oxygen atoms in total. The van der Waals surface area contributed by atoms with Crippen LogP contribution in [0.4, 0.5) is 0 Å². The van der Waals surface area contributed by atoms with Crippen molar-refractivity contribution in [3.63, 3.8) is 0 Å². The quantitative estimate of drug-likeness (QED) is 0.692. The highest BCUT2D eigenvalue weighted by atomic mass is 32.2. The minimum absolute atomic E-state index is 0.0147. The van der Waals surface area contributed by atoms with E-state index in [1.54, 1.807) is 6.92 Å². The van der Waals surface area contributed by atoms with Gasteiger partial charge in [-0.1, -0.05) is 20.8 Å². The van der Waals surface area contributed by atoms with Crippen LogP contribution in [0.1, 0.15) is 34.6 Å². The zero-order valence-corrected chi connectivity index (χ0v) is 11.2. The molecule has 0 aliphatic rings. The fourth-order valence-electron chi connectivity index (χ4n) is 0.969. The largest absolute Gasteiger partial charge is 0.316 e. The predicted octanol–water partition coefficient (Wildman–Crippen LogP) is 0.948. The van der Waals surface area contributed by atoms with Gasteiger partial charge in [-0.25, -0.2) is 13.1 Å². The van der Waals surface area contributed by atoms with Crippen molar-refractivity contribution in [3.8, 4) is 0 Å². The number of hydrogen-bond donors (Lipinski definition) is 2. The van der Waals surface area contributed by atoms with Crippen LogP contribution >= 0.6 is 0 Å². The highest BCUT2D eigenvalue weighted by Crippen LogP contribution is 2.05. The third-order valence-corrected chi connectivity index (χ3v) is 4.49. The van der Waals surface area contributed by atoms with Crippen molar-refractivity contribution in [2.24, 2.45) is 5.92 Å². The van der Waals surface area contributed by atoms with E-state index in [0.717, 1.165) is 6.54 Å². The lowest BCUT2D eigenvalue weighted by Gasteiger charge is -2.21. The van der Waals surface area contributed by atoms with Crippen LogP contribution in [-0.2, 0) is 10.0 Å². The average molecular weight is 236 g/mol. The first kappa shape index (κ1) is 14.9. The second kappa shape index (κ2) is 6.45. The van der Waals surface area contributed by atoms with E-state index in [1.807, 2.05) is 27.7 Å². The van der Waals surface area contributed by atoms with E-state index in [0.29, 0.717) is 12.5 Å². The molecule has 0 aliphatic carbocycles. The third kappa shape index (κ3) is 5.49. The van der Waals surface area contributed by atoms with Crippen molar-refractivity contribution in [1.82, 2.24) is 10.0 Å². The number of sulfonamides is 1. The van der Waals surface area contributed by atoms with E-state index in [2.05, 4.69) is 10.0 Å². The van der Waals surface area contributed by atoms with Crippen molar-refractivity contribution in [2.75, 3.05) is 13.1 Å². The molecular weight excluding hydrogens is 212 g/mol. The van der Waals surface area contributed by atoms with Crippen LogP contribution in [0.25, 0.3) is 0 Å². The maximum absolute atomic E-state index is 11.8. The molecule has 0 radical (unpaired) electrons. The van der Waals surface area contributed by atoms with Gasteiger partial charge < -0.3 is 5.32 Å². The molecule has 0 bridgehead atoms. The normalized spacial score (nSPS) is 16.7. The lowest BCUT2D eigenvalue weighted by molar-refractivity contribution is 0.471. The molecule has 0 spiro atoms. The molecule has 0 saturated carbocycles. The van der Waals surface area contributed by atoms with Crippen molar-refractivity contribution in [2.45, 2.75) is 45.9 Å². The molecule has 0 aromatic heterocycles. The van der Waals surface area contributed by atoms with Crippen LogP contribution in [0, 0.1) is 5.92 Å². The molecule has 2 N–H and O–H groups in total. The summed E-state index contributed by atoms with van der Waals surface area (Å²) in [6.07, 6.45) is 0. The summed E-state index contributed by atoms with van der Waals surface area (Å²) >= 11 is 0. The molecule has 0 rings (SSSR count). The molecule has 0 saturated heterocycles. The fourth-order valence-corrected chi connectivity index (χ4v) is 2.33. The molecule has 15 heavy (non-hydrogen) atoms. The lowest BCUT2D eigenvalue weighted by atomic mass is 10.1. The highest BCUT2D eigenvalue weighted by Gasteiger charge is 2.23. The Morgan fingerprint density at radius 2 is 1.67 bits per heavy atom. The topological polar surface area (TPSA) is 58.2 Å². The average Bonchev–Trinajstić information content (AvgIpc) is 2.13. The predicted molar refractivity (Wildman–Crippen MR) is 64.4 cm³/mol. The number of nitrogens with one attached hydrogen (secondary N) is 2. The van der Waals surface area contributed by atoms with Gasteiger partial charge in [0.2, 0.25) is 10.0 Å². The van der Waals surface area contributed by atoms with Crippen LogP contribution < -0.4 is 10.0 Å². The van der Waals surface area contributed by atoms with Gasteiger partial charge >= 0.3 is 0 Å². The van der Waals surface area contributed by atoms with E-state index in [4.69, 9.17) is 0 Å². The third-order valence-electron chi connectivity index (χ3n) is 2.56. The summed E-state index contributed by atoms with van der Waals surface area (Å²) in [5, 5.41) is 2.65. The second-order valence-corrected chi connectivity index (χ2v) is 6.44. The van der Waals surface area contributed by atoms with Gasteiger partial charge in [0.1, 0.15) is 0 Å². The standard InChI is InChI=1S/C10H24N2O2S/c1-6-11-7-9(4)15(13,14)12-10(5)8(2)3/h8-12H,6-7H2,1-5H3. The highest BCUT2D eigenvalue weighted by molar-refractivity contribution is 7.90. The summed E-state index contributed by atoms with van der Waals surface area (Å²) in [6.45, 7) is 10.9. The first-order chi connectivity index (χ1) is 6.81. The number of hydrogen-bond acceptors (Lipinski definition) is 3. The summed E-state index contributed by atoms with van der Waals surface area (Å²) in [4.78, 5) is 0. The minimum atomic E-state index is -3.19. The van der Waals surface area contributed by atoms with E-state index in [1.165, 1.54) is 0 Å².